The number of aliphatic hydroxyl groups is 1. The Morgan fingerprint density at radius 3 is 2.87 bits per heavy atom. The topological polar surface area (TPSA) is 58.0 Å². The summed E-state index contributed by atoms with van der Waals surface area (Å²) in [6, 6.07) is 0. The van der Waals surface area contributed by atoms with Crippen molar-refractivity contribution in [3.63, 3.8) is 0 Å². The van der Waals surface area contributed by atoms with Crippen LogP contribution in [0.4, 0.5) is 5.82 Å². The maximum atomic E-state index is 8.63. The highest BCUT2D eigenvalue weighted by Gasteiger charge is 2.06. The highest BCUT2D eigenvalue weighted by molar-refractivity contribution is 6.30. The largest absolute Gasteiger partial charge is 0.396 e. The summed E-state index contributed by atoms with van der Waals surface area (Å²) in [5.74, 6) is 0.801. The lowest BCUT2D eigenvalue weighted by molar-refractivity contribution is 0.286. The van der Waals surface area contributed by atoms with E-state index in [0.29, 0.717) is 5.15 Å². The third-order valence-corrected chi connectivity index (χ3v) is 2.45. The lowest BCUT2D eigenvalue weighted by atomic mass is 10.2. The van der Waals surface area contributed by atoms with Crippen molar-refractivity contribution in [3.05, 3.63) is 17.0 Å². The van der Waals surface area contributed by atoms with Crippen LogP contribution < -0.4 is 5.32 Å². The van der Waals surface area contributed by atoms with E-state index in [1.807, 2.05) is 6.92 Å². The van der Waals surface area contributed by atoms with Crippen molar-refractivity contribution >= 4 is 17.4 Å². The third kappa shape index (κ3) is 3.64. The standard InChI is InChI=1S/C10H16ClN3O/c1-2-8-9(11)13-7-14-10(8)12-5-3-4-6-15/h7,15H,2-6H2,1H3,(H,12,13,14). The predicted octanol–water partition coefficient (Wildman–Crippen LogP) is 1.88. The van der Waals surface area contributed by atoms with Crippen molar-refractivity contribution in [2.75, 3.05) is 18.5 Å². The molecule has 0 atom stereocenters. The molecule has 0 amide bonds. The smallest absolute Gasteiger partial charge is 0.137 e. The summed E-state index contributed by atoms with van der Waals surface area (Å²) in [6.07, 6.45) is 3.98. The van der Waals surface area contributed by atoms with Gasteiger partial charge in [-0.25, -0.2) is 9.97 Å². The van der Waals surface area contributed by atoms with Crippen molar-refractivity contribution in [2.24, 2.45) is 0 Å². The molecule has 0 bridgehead atoms. The Hall–Kier alpha value is -0.870. The summed E-state index contributed by atoms with van der Waals surface area (Å²) in [7, 11) is 0. The molecule has 84 valence electrons. The maximum absolute atomic E-state index is 8.63. The van der Waals surface area contributed by atoms with Crippen LogP contribution in [0.15, 0.2) is 6.33 Å². The van der Waals surface area contributed by atoms with Gasteiger partial charge in [0.1, 0.15) is 17.3 Å². The van der Waals surface area contributed by atoms with Crippen LogP contribution in [-0.4, -0.2) is 28.2 Å². The van der Waals surface area contributed by atoms with E-state index in [-0.39, 0.29) is 6.61 Å². The van der Waals surface area contributed by atoms with Crippen molar-refractivity contribution < 1.29 is 5.11 Å². The van der Waals surface area contributed by atoms with Gasteiger partial charge >= 0.3 is 0 Å². The molecule has 1 rings (SSSR count). The van der Waals surface area contributed by atoms with Crippen LogP contribution in [0.25, 0.3) is 0 Å². The Morgan fingerprint density at radius 1 is 1.40 bits per heavy atom. The second kappa shape index (κ2) is 6.58. The van der Waals surface area contributed by atoms with Crippen molar-refractivity contribution in [3.8, 4) is 0 Å². The van der Waals surface area contributed by atoms with Crippen LogP contribution >= 0.6 is 11.6 Å². The minimum absolute atomic E-state index is 0.229. The van der Waals surface area contributed by atoms with E-state index in [2.05, 4.69) is 15.3 Å². The number of rotatable bonds is 6. The summed E-state index contributed by atoms with van der Waals surface area (Å²) >= 11 is 5.94. The number of hydrogen-bond acceptors (Lipinski definition) is 4. The van der Waals surface area contributed by atoms with Crippen LogP contribution in [0, 0.1) is 0 Å². The molecule has 1 heterocycles. The molecule has 1 aromatic heterocycles. The van der Waals surface area contributed by atoms with Gasteiger partial charge in [-0.15, -0.1) is 0 Å². The van der Waals surface area contributed by atoms with E-state index in [0.717, 1.165) is 37.2 Å². The Kier molecular flexibility index (Phi) is 5.36. The molecule has 0 saturated carbocycles. The van der Waals surface area contributed by atoms with Gasteiger partial charge in [0.2, 0.25) is 0 Å². The van der Waals surface area contributed by atoms with Gasteiger partial charge in [-0.1, -0.05) is 18.5 Å². The lowest BCUT2D eigenvalue weighted by Gasteiger charge is -2.09. The molecule has 0 spiro atoms. The Morgan fingerprint density at radius 2 is 2.20 bits per heavy atom. The number of halogens is 1. The van der Waals surface area contributed by atoms with Gasteiger partial charge in [-0.2, -0.15) is 0 Å². The highest BCUT2D eigenvalue weighted by atomic mass is 35.5. The molecule has 0 saturated heterocycles. The molecule has 4 nitrogen and oxygen atoms in total. The highest BCUT2D eigenvalue weighted by Crippen LogP contribution is 2.19. The van der Waals surface area contributed by atoms with Crippen molar-refractivity contribution in [2.45, 2.75) is 26.2 Å². The number of aromatic nitrogens is 2. The van der Waals surface area contributed by atoms with E-state index in [1.165, 1.54) is 6.33 Å². The van der Waals surface area contributed by atoms with Crippen LogP contribution in [0.1, 0.15) is 25.3 Å². The van der Waals surface area contributed by atoms with Crippen LogP contribution in [0.5, 0.6) is 0 Å². The fourth-order valence-electron chi connectivity index (χ4n) is 1.30. The van der Waals surface area contributed by atoms with Gasteiger partial charge in [-0.05, 0) is 19.3 Å². The number of hydrogen-bond donors (Lipinski definition) is 2. The minimum atomic E-state index is 0.229. The maximum Gasteiger partial charge on any atom is 0.137 e. The molecule has 1 aromatic rings. The van der Waals surface area contributed by atoms with Crippen molar-refractivity contribution in [1.29, 1.82) is 0 Å². The average Bonchev–Trinajstić information content (AvgIpc) is 2.24. The normalized spacial score (nSPS) is 10.3. The monoisotopic (exact) mass is 229 g/mol. The molecular formula is C10H16ClN3O. The zero-order valence-electron chi connectivity index (χ0n) is 8.83. The number of anilines is 1. The van der Waals surface area contributed by atoms with E-state index in [9.17, 15) is 0 Å². The first-order valence-electron chi connectivity index (χ1n) is 5.13. The fourth-order valence-corrected chi connectivity index (χ4v) is 1.57. The Labute approximate surface area is 94.7 Å². The molecule has 0 aromatic carbocycles. The number of nitrogens with zero attached hydrogens (tertiary/aromatic N) is 2. The number of unbranched alkanes of at least 4 members (excludes halogenated alkanes) is 1. The van der Waals surface area contributed by atoms with Gasteiger partial charge < -0.3 is 10.4 Å². The predicted molar refractivity (Wildman–Crippen MR) is 61.2 cm³/mol. The first-order valence-corrected chi connectivity index (χ1v) is 5.51. The summed E-state index contributed by atoms with van der Waals surface area (Å²) in [5.41, 5.74) is 0.947. The molecule has 0 radical (unpaired) electrons. The molecule has 5 heteroatoms. The molecule has 0 aliphatic carbocycles. The van der Waals surface area contributed by atoms with Gasteiger partial charge in [0.05, 0.1) is 0 Å². The molecule has 15 heavy (non-hydrogen) atoms. The molecule has 0 aliphatic heterocycles. The van der Waals surface area contributed by atoms with Gasteiger partial charge in [-0.3, -0.25) is 0 Å². The van der Waals surface area contributed by atoms with E-state index in [1.54, 1.807) is 0 Å². The molecule has 0 aliphatic rings. The summed E-state index contributed by atoms with van der Waals surface area (Å²) in [5, 5.41) is 12.3. The zero-order chi connectivity index (χ0) is 11.1. The molecule has 0 unspecified atom stereocenters. The number of aliphatic hydroxyl groups excluding tert-OH is 1. The zero-order valence-corrected chi connectivity index (χ0v) is 9.59. The Balaban J connectivity index is 2.56. The summed E-state index contributed by atoms with van der Waals surface area (Å²) < 4.78 is 0. The van der Waals surface area contributed by atoms with Gasteiger partial charge in [0.25, 0.3) is 0 Å². The van der Waals surface area contributed by atoms with E-state index < -0.39 is 0 Å². The van der Waals surface area contributed by atoms with Crippen LogP contribution in [0.3, 0.4) is 0 Å². The minimum Gasteiger partial charge on any atom is -0.396 e. The van der Waals surface area contributed by atoms with Crippen LogP contribution in [-0.2, 0) is 6.42 Å². The number of nitrogens with one attached hydrogen (secondary N) is 1. The summed E-state index contributed by atoms with van der Waals surface area (Å²) in [6.45, 7) is 3.04. The second-order valence-corrected chi connectivity index (χ2v) is 3.56. The lowest BCUT2D eigenvalue weighted by Crippen LogP contribution is -2.07. The molecule has 0 fully saturated rings. The van der Waals surface area contributed by atoms with Crippen molar-refractivity contribution in [1.82, 2.24) is 9.97 Å². The summed E-state index contributed by atoms with van der Waals surface area (Å²) in [4.78, 5) is 8.07. The van der Waals surface area contributed by atoms with E-state index >= 15 is 0 Å². The third-order valence-electron chi connectivity index (χ3n) is 2.12. The second-order valence-electron chi connectivity index (χ2n) is 3.20. The quantitative estimate of drug-likeness (QED) is 0.578. The van der Waals surface area contributed by atoms with E-state index in [4.69, 9.17) is 16.7 Å². The van der Waals surface area contributed by atoms with Gasteiger partial charge in [0, 0.05) is 18.7 Å². The Bertz CT molecular complexity index is 307. The van der Waals surface area contributed by atoms with Gasteiger partial charge in [0.15, 0.2) is 0 Å². The molecule has 2 N–H and O–H groups in total. The SMILES string of the molecule is CCc1c(Cl)ncnc1NCCCCO. The molecular weight excluding hydrogens is 214 g/mol. The first-order chi connectivity index (χ1) is 7.29. The average molecular weight is 230 g/mol. The van der Waals surface area contributed by atoms with Crippen LogP contribution in [0.2, 0.25) is 5.15 Å². The first kappa shape index (κ1) is 12.2. The fraction of sp³-hybridized carbons (Fsp3) is 0.600.